The van der Waals surface area contributed by atoms with Crippen LogP contribution in [-0.4, -0.2) is 17.6 Å². The van der Waals surface area contributed by atoms with Crippen LogP contribution in [0.1, 0.15) is 30.6 Å². The van der Waals surface area contributed by atoms with Crippen molar-refractivity contribution in [2.75, 3.05) is 6.54 Å². The number of hydrogen-bond acceptors (Lipinski definition) is 2. The van der Waals surface area contributed by atoms with E-state index in [4.69, 9.17) is 0 Å². The minimum Gasteiger partial charge on any atom is -0.507 e. The zero-order chi connectivity index (χ0) is 12.6. The third kappa shape index (κ3) is 2.57. The van der Waals surface area contributed by atoms with Crippen LogP contribution >= 0.6 is 0 Å². The third-order valence-electron chi connectivity index (χ3n) is 3.43. The number of benzene rings is 1. The summed E-state index contributed by atoms with van der Waals surface area (Å²) in [6.45, 7) is 4.86. The van der Waals surface area contributed by atoms with E-state index in [0.29, 0.717) is 12.5 Å². The molecule has 0 saturated heterocycles. The number of carbonyl (C=O) groups is 1. The van der Waals surface area contributed by atoms with Crippen molar-refractivity contribution in [2.45, 2.75) is 20.3 Å². The normalized spacial score (nSPS) is 21.0. The lowest BCUT2D eigenvalue weighted by molar-refractivity contribution is 0.0947. The maximum absolute atomic E-state index is 13.0. The van der Waals surface area contributed by atoms with Gasteiger partial charge >= 0.3 is 0 Å². The Hall–Kier alpha value is -1.58. The van der Waals surface area contributed by atoms with Gasteiger partial charge in [0, 0.05) is 6.54 Å². The summed E-state index contributed by atoms with van der Waals surface area (Å²) >= 11 is 0. The predicted molar refractivity (Wildman–Crippen MR) is 62.3 cm³/mol. The SMILES string of the molecule is CC1(C)CC1CNC(=O)c1cc(F)ccc1O. The van der Waals surface area contributed by atoms with Crippen LogP contribution in [0.2, 0.25) is 0 Å². The maximum Gasteiger partial charge on any atom is 0.255 e. The lowest BCUT2D eigenvalue weighted by atomic mass is 10.1. The highest BCUT2D eigenvalue weighted by atomic mass is 19.1. The van der Waals surface area contributed by atoms with E-state index in [9.17, 15) is 14.3 Å². The van der Waals surface area contributed by atoms with Crippen molar-refractivity contribution in [3.63, 3.8) is 0 Å². The second-order valence-electron chi connectivity index (χ2n) is 5.26. The van der Waals surface area contributed by atoms with Gasteiger partial charge in [-0.1, -0.05) is 13.8 Å². The van der Waals surface area contributed by atoms with E-state index in [0.717, 1.165) is 18.6 Å². The second-order valence-corrected chi connectivity index (χ2v) is 5.26. The molecule has 1 saturated carbocycles. The maximum atomic E-state index is 13.0. The number of halogens is 1. The standard InChI is InChI=1S/C13H16FNO2/c1-13(2)6-8(13)7-15-12(17)10-5-9(14)3-4-11(10)16/h3-5,8,16H,6-7H2,1-2H3,(H,15,17). The molecule has 0 aliphatic heterocycles. The fourth-order valence-electron chi connectivity index (χ4n) is 1.93. The molecule has 2 N–H and O–H groups in total. The molecule has 1 amide bonds. The molecule has 1 aliphatic carbocycles. The molecule has 1 unspecified atom stereocenters. The van der Waals surface area contributed by atoms with Gasteiger partial charge in [0.05, 0.1) is 5.56 Å². The van der Waals surface area contributed by atoms with E-state index in [-0.39, 0.29) is 16.7 Å². The average Bonchev–Trinajstić information content (AvgIpc) is 2.87. The first-order chi connectivity index (χ1) is 7.90. The number of amides is 1. The summed E-state index contributed by atoms with van der Waals surface area (Å²) in [7, 11) is 0. The molecule has 0 bridgehead atoms. The zero-order valence-electron chi connectivity index (χ0n) is 9.96. The van der Waals surface area contributed by atoms with Gasteiger partial charge in [-0.2, -0.15) is 0 Å². The molecule has 0 radical (unpaired) electrons. The topological polar surface area (TPSA) is 49.3 Å². The number of phenolic OH excluding ortho intramolecular Hbond substituents is 1. The summed E-state index contributed by atoms with van der Waals surface area (Å²) < 4.78 is 13.0. The highest BCUT2D eigenvalue weighted by Crippen LogP contribution is 2.50. The molecule has 1 aliphatic rings. The van der Waals surface area contributed by atoms with Gasteiger partial charge in [0.2, 0.25) is 0 Å². The molecule has 0 aromatic heterocycles. The molecule has 1 atom stereocenters. The Morgan fingerprint density at radius 1 is 1.59 bits per heavy atom. The molecule has 4 heteroatoms. The van der Waals surface area contributed by atoms with Crippen molar-refractivity contribution in [3.8, 4) is 5.75 Å². The lowest BCUT2D eigenvalue weighted by Gasteiger charge is -2.08. The van der Waals surface area contributed by atoms with Crippen molar-refractivity contribution in [3.05, 3.63) is 29.6 Å². The molecule has 1 fully saturated rings. The van der Waals surface area contributed by atoms with Crippen LogP contribution in [-0.2, 0) is 0 Å². The number of nitrogens with one attached hydrogen (secondary N) is 1. The van der Waals surface area contributed by atoms with Gasteiger partial charge in [-0.3, -0.25) is 4.79 Å². The number of aromatic hydroxyl groups is 1. The Morgan fingerprint density at radius 2 is 2.24 bits per heavy atom. The van der Waals surface area contributed by atoms with Crippen LogP contribution in [0.5, 0.6) is 5.75 Å². The summed E-state index contributed by atoms with van der Waals surface area (Å²) in [4.78, 5) is 11.7. The molecule has 2 rings (SSSR count). The van der Waals surface area contributed by atoms with Crippen molar-refractivity contribution >= 4 is 5.91 Å². The average molecular weight is 237 g/mol. The van der Waals surface area contributed by atoms with Crippen molar-refractivity contribution < 1.29 is 14.3 Å². The van der Waals surface area contributed by atoms with E-state index in [1.807, 2.05) is 0 Å². The largest absolute Gasteiger partial charge is 0.507 e. The summed E-state index contributed by atoms with van der Waals surface area (Å²) in [5.41, 5.74) is 0.278. The molecule has 0 heterocycles. The van der Waals surface area contributed by atoms with Gasteiger partial charge in [0.1, 0.15) is 11.6 Å². The Morgan fingerprint density at radius 3 is 2.82 bits per heavy atom. The predicted octanol–water partition coefficient (Wildman–Crippen LogP) is 2.31. The van der Waals surface area contributed by atoms with Gasteiger partial charge in [-0.15, -0.1) is 0 Å². The van der Waals surface area contributed by atoms with Crippen LogP contribution < -0.4 is 5.32 Å². The van der Waals surface area contributed by atoms with Crippen LogP contribution in [0, 0.1) is 17.2 Å². The summed E-state index contributed by atoms with van der Waals surface area (Å²) in [5, 5.41) is 12.2. The second kappa shape index (κ2) is 4.02. The molecular weight excluding hydrogens is 221 g/mol. The van der Waals surface area contributed by atoms with Gasteiger partial charge in [0.15, 0.2) is 0 Å². The highest BCUT2D eigenvalue weighted by Gasteiger charge is 2.45. The summed E-state index contributed by atoms with van der Waals surface area (Å²) in [5.74, 6) is -0.675. The number of hydrogen-bond donors (Lipinski definition) is 2. The Balaban J connectivity index is 1.98. The minimum absolute atomic E-state index is 0.0107. The number of rotatable bonds is 3. The quantitative estimate of drug-likeness (QED) is 0.847. The Labute approximate surface area is 99.7 Å². The van der Waals surface area contributed by atoms with Gasteiger partial charge in [-0.25, -0.2) is 4.39 Å². The van der Waals surface area contributed by atoms with E-state index in [1.165, 1.54) is 6.07 Å². The molecular formula is C13H16FNO2. The van der Waals surface area contributed by atoms with Crippen LogP contribution in [0.25, 0.3) is 0 Å². The monoisotopic (exact) mass is 237 g/mol. The smallest absolute Gasteiger partial charge is 0.255 e. The first kappa shape index (κ1) is 11.9. The fraction of sp³-hybridized carbons (Fsp3) is 0.462. The third-order valence-corrected chi connectivity index (χ3v) is 3.43. The Bertz CT molecular complexity index is 457. The first-order valence-electron chi connectivity index (χ1n) is 5.67. The van der Waals surface area contributed by atoms with Gasteiger partial charge < -0.3 is 10.4 Å². The van der Waals surface area contributed by atoms with Crippen LogP contribution in [0.15, 0.2) is 18.2 Å². The van der Waals surface area contributed by atoms with E-state index < -0.39 is 11.7 Å². The molecule has 0 spiro atoms. The number of phenols is 1. The first-order valence-corrected chi connectivity index (χ1v) is 5.67. The zero-order valence-corrected chi connectivity index (χ0v) is 9.96. The van der Waals surface area contributed by atoms with E-state index in [1.54, 1.807) is 0 Å². The molecule has 3 nitrogen and oxygen atoms in total. The van der Waals surface area contributed by atoms with Crippen molar-refractivity contribution in [1.29, 1.82) is 0 Å². The summed E-state index contributed by atoms with van der Waals surface area (Å²) in [6.07, 6.45) is 1.09. The van der Waals surface area contributed by atoms with Crippen LogP contribution in [0.3, 0.4) is 0 Å². The minimum atomic E-state index is -0.528. The molecule has 92 valence electrons. The van der Waals surface area contributed by atoms with Gasteiger partial charge in [-0.05, 0) is 36.0 Å². The van der Waals surface area contributed by atoms with E-state index >= 15 is 0 Å². The lowest BCUT2D eigenvalue weighted by Crippen LogP contribution is -2.26. The van der Waals surface area contributed by atoms with Crippen LogP contribution in [0.4, 0.5) is 4.39 Å². The van der Waals surface area contributed by atoms with E-state index in [2.05, 4.69) is 19.2 Å². The number of carbonyl (C=O) groups excluding carboxylic acids is 1. The van der Waals surface area contributed by atoms with Crippen molar-refractivity contribution in [1.82, 2.24) is 5.32 Å². The molecule has 17 heavy (non-hydrogen) atoms. The Kier molecular flexibility index (Phi) is 2.81. The van der Waals surface area contributed by atoms with Crippen molar-refractivity contribution in [2.24, 2.45) is 11.3 Å². The summed E-state index contributed by atoms with van der Waals surface area (Å²) in [6, 6.07) is 3.35. The van der Waals surface area contributed by atoms with Gasteiger partial charge in [0.25, 0.3) is 5.91 Å². The highest BCUT2D eigenvalue weighted by molar-refractivity contribution is 5.96. The molecule has 1 aromatic rings. The molecule has 1 aromatic carbocycles. The fourth-order valence-corrected chi connectivity index (χ4v) is 1.93.